The number of hydrogen-bond acceptors (Lipinski definition) is 4. The van der Waals surface area contributed by atoms with Crippen LogP contribution in [0.4, 0.5) is 10.3 Å². The average molecular weight is 303 g/mol. The zero-order valence-corrected chi connectivity index (χ0v) is 10.5. The summed E-state index contributed by atoms with van der Waals surface area (Å²) in [6.45, 7) is 0. The van der Waals surface area contributed by atoms with Crippen molar-refractivity contribution in [1.29, 1.82) is 0 Å². The predicted octanol–water partition coefficient (Wildman–Crippen LogP) is 2.58. The minimum atomic E-state index is -0.237. The number of anilines is 1. The van der Waals surface area contributed by atoms with Gasteiger partial charge in [0, 0.05) is 10.2 Å². The summed E-state index contributed by atoms with van der Waals surface area (Å²) in [5, 5.41) is 6.89. The molecule has 0 aliphatic carbocycles. The Labute approximate surface area is 104 Å². The number of benzene rings is 1. The number of aromatic nitrogens is 3. The zero-order chi connectivity index (χ0) is 11.5. The van der Waals surface area contributed by atoms with Crippen LogP contribution in [0.1, 0.15) is 5.56 Å². The molecule has 0 saturated carbocycles. The molecule has 0 aliphatic heterocycles. The highest BCUT2D eigenvalue weighted by Gasteiger charge is 2.06. The first-order chi connectivity index (χ1) is 7.65. The van der Waals surface area contributed by atoms with E-state index in [0.717, 1.165) is 4.47 Å². The van der Waals surface area contributed by atoms with Gasteiger partial charge in [0.25, 0.3) is 0 Å². The molecule has 0 saturated heterocycles. The molecule has 0 atom stereocenters. The Hall–Kier alpha value is -1.08. The van der Waals surface area contributed by atoms with Crippen molar-refractivity contribution in [2.24, 2.45) is 0 Å². The van der Waals surface area contributed by atoms with E-state index in [-0.39, 0.29) is 11.8 Å². The highest BCUT2D eigenvalue weighted by atomic mass is 79.9. The number of nitrogens with two attached hydrogens (primary N) is 1. The molecule has 0 radical (unpaired) electrons. The number of hydrogen-bond donors (Lipinski definition) is 2. The van der Waals surface area contributed by atoms with Gasteiger partial charge in [-0.2, -0.15) is 4.98 Å². The van der Waals surface area contributed by atoms with Gasteiger partial charge in [0.1, 0.15) is 5.82 Å². The molecule has 4 nitrogen and oxygen atoms in total. The molecule has 1 heterocycles. The highest BCUT2D eigenvalue weighted by molar-refractivity contribution is 9.10. The van der Waals surface area contributed by atoms with Crippen molar-refractivity contribution in [2.45, 2.75) is 10.9 Å². The van der Waals surface area contributed by atoms with Crippen LogP contribution in [0.2, 0.25) is 0 Å². The smallest absolute Gasteiger partial charge is 0.216 e. The third-order valence-electron chi connectivity index (χ3n) is 1.85. The van der Waals surface area contributed by atoms with Gasteiger partial charge in [0.15, 0.2) is 0 Å². The Kier molecular flexibility index (Phi) is 3.45. The van der Waals surface area contributed by atoms with E-state index in [4.69, 9.17) is 5.73 Å². The number of rotatable bonds is 3. The lowest BCUT2D eigenvalue weighted by Gasteiger charge is -2.01. The second kappa shape index (κ2) is 4.84. The van der Waals surface area contributed by atoms with Crippen LogP contribution in [-0.2, 0) is 5.75 Å². The molecule has 1 aromatic carbocycles. The summed E-state index contributed by atoms with van der Waals surface area (Å²) in [5.41, 5.74) is 5.98. The molecule has 1 aromatic heterocycles. The van der Waals surface area contributed by atoms with Gasteiger partial charge in [-0.15, -0.1) is 5.10 Å². The zero-order valence-electron chi connectivity index (χ0n) is 8.08. The van der Waals surface area contributed by atoms with E-state index >= 15 is 0 Å². The predicted molar refractivity (Wildman–Crippen MR) is 64.5 cm³/mol. The van der Waals surface area contributed by atoms with Crippen LogP contribution in [0.3, 0.4) is 0 Å². The summed E-state index contributed by atoms with van der Waals surface area (Å²) >= 11 is 4.62. The molecule has 84 valence electrons. The van der Waals surface area contributed by atoms with Gasteiger partial charge < -0.3 is 5.73 Å². The fourth-order valence-corrected chi connectivity index (χ4v) is 2.31. The van der Waals surface area contributed by atoms with Crippen LogP contribution in [-0.4, -0.2) is 15.2 Å². The van der Waals surface area contributed by atoms with Crippen LogP contribution >= 0.6 is 27.7 Å². The Bertz CT molecular complexity index is 502. The van der Waals surface area contributed by atoms with Gasteiger partial charge in [-0.25, -0.2) is 9.49 Å². The maximum atomic E-state index is 13.4. The molecular weight excluding hydrogens is 295 g/mol. The summed E-state index contributed by atoms with van der Waals surface area (Å²) in [7, 11) is 0. The normalized spacial score (nSPS) is 10.6. The van der Waals surface area contributed by atoms with Crippen molar-refractivity contribution in [1.82, 2.24) is 15.2 Å². The number of nitrogens with one attached hydrogen (secondary N) is 1. The van der Waals surface area contributed by atoms with Crippen LogP contribution in [0.15, 0.2) is 27.8 Å². The maximum absolute atomic E-state index is 13.4. The molecule has 0 amide bonds. The average Bonchev–Trinajstić information content (AvgIpc) is 2.66. The third kappa shape index (κ3) is 2.73. The van der Waals surface area contributed by atoms with E-state index in [2.05, 4.69) is 31.1 Å². The third-order valence-corrected chi connectivity index (χ3v) is 3.24. The van der Waals surface area contributed by atoms with E-state index in [9.17, 15) is 4.39 Å². The van der Waals surface area contributed by atoms with Crippen LogP contribution in [0.25, 0.3) is 0 Å². The monoisotopic (exact) mass is 302 g/mol. The molecule has 0 spiro atoms. The number of H-pyrrole nitrogens is 1. The molecule has 3 N–H and O–H groups in total. The lowest BCUT2D eigenvalue weighted by molar-refractivity contribution is 0.617. The molecule has 7 heteroatoms. The largest absolute Gasteiger partial charge is 0.368 e. The molecular formula is C9H8BrFN4S. The summed E-state index contributed by atoms with van der Waals surface area (Å²) in [5.74, 6) is 0.485. The second-order valence-corrected chi connectivity index (χ2v) is 4.89. The number of aromatic amines is 1. The molecule has 0 fully saturated rings. The first-order valence-corrected chi connectivity index (χ1v) is 6.17. The van der Waals surface area contributed by atoms with E-state index in [1.54, 1.807) is 12.1 Å². The van der Waals surface area contributed by atoms with Gasteiger partial charge in [0.05, 0.1) is 0 Å². The Morgan fingerprint density at radius 2 is 2.31 bits per heavy atom. The van der Waals surface area contributed by atoms with Gasteiger partial charge >= 0.3 is 0 Å². The fraction of sp³-hybridized carbons (Fsp3) is 0.111. The van der Waals surface area contributed by atoms with Gasteiger partial charge in [-0.05, 0) is 23.8 Å². The van der Waals surface area contributed by atoms with E-state index in [1.165, 1.54) is 17.8 Å². The summed E-state index contributed by atoms with van der Waals surface area (Å²) in [6.07, 6.45) is 0. The van der Waals surface area contributed by atoms with Crippen molar-refractivity contribution in [3.8, 4) is 0 Å². The molecule has 2 rings (SSSR count). The van der Waals surface area contributed by atoms with Crippen LogP contribution in [0, 0.1) is 5.82 Å². The number of thioether (sulfide) groups is 1. The van der Waals surface area contributed by atoms with Crippen molar-refractivity contribution >= 4 is 33.6 Å². The van der Waals surface area contributed by atoms with Gasteiger partial charge in [-0.3, -0.25) is 0 Å². The minimum absolute atomic E-state index is 0.237. The Morgan fingerprint density at radius 1 is 1.50 bits per heavy atom. The topological polar surface area (TPSA) is 67.6 Å². The summed E-state index contributed by atoms with van der Waals surface area (Å²) < 4.78 is 14.2. The minimum Gasteiger partial charge on any atom is -0.368 e. The summed E-state index contributed by atoms with van der Waals surface area (Å²) in [4.78, 5) is 3.92. The summed E-state index contributed by atoms with van der Waals surface area (Å²) in [6, 6.07) is 4.82. The first kappa shape index (κ1) is 11.4. The standard InChI is InChI=1S/C9H8BrFN4S/c10-6-1-2-7(11)5(3-6)4-16-9-13-8(12)14-15-9/h1-3H,4H2,(H3,12,13,14,15). The quantitative estimate of drug-likeness (QED) is 0.855. The van der Waals surface area contributed by atoms with Gasteiger partial charge in [0.2, 0.25) is 11.1 Å². The lowest BCUT2D eigenvalue weighted by Crippen LogP contribution is -1.88. The second-order valence-electron chi connectivity index (χ2n) is 3.03. The first-order valence-electron chi connectivity index (χ1n) is 4.40. The Morgan fingerprint density at radius 3 is 3.00 bits per heavy atom. The van der Waals surface area contributed by atoms with Crippen LogP contribution in [0.5, 0.6) is 0 Å². The van der Waals surface area contributed by atoms with Gasteiger partial charge in [-0.1, -0.05) is 27.7 Å². The SMILES string of the molecule is Nc1nc(SCc2cc(Br)ccc2F)n[nH]1. The van der Waals surface area contributed by atoms with E-state index < -0.39 is 0 Å². The van der Waals surface area contributed by atoms with E-state index in [0.29, 0.717) is 16.5 Å². The molecule has 0 aliphatic rings. The van der Waals surface area contributed by atoms with Crippen molar-refractivity contribution in [2.75, 3.05) is 5.73 Å². The fourth-order valence-electron chi connectivity index (χ4n) is 1.12. The van der Waals surface area contributed by atoms with Crippen molar-refractivity contribution in [3.05, 3.63) is 34.1 Å². The highest BCUT2D eigenvalue weighted by Crippen LogP contribution is 2.23. The number of nitrogen functional groups attached to an aromatic ring is 1. The Balaban J connectivity index is 2.07. The number of halogens is 2. The molecule has 0 unspecified atom stereocenters. The van der Waals surface area contributed by atoms with Crippen molar-refractivity contribution in [3.63, 3.8) is 0 Å². The number of nitrogens with zero attached hydrogens (tertiary/aromatic N) is 2. The lowest BCUT2D eigenvalue weighted by atomic mass is 10.2. The molecule has 2 aromatic rings. The molecule has 16 heavy (non-hydrogen) atoms. The van der Waals surface area contributed by atoms with Crippen LogP contribution < -0.4 is 5.73 Å². The van der Waals surface area contributed by atoms with Crippen molar-refractivity contribution < 1.29 is 4.39 Å². The molecule has 0 bridgehead atoms. The maximum Gasteiger partial charge on any atom is 0.216 e. The van der Waals surface area contributed by atoms with E-state index in [1.807, 2.05) is 0 Å².